The first-order chi connectivity index (χ1) is 15.6. The highest BCUT2D eigenvalue weighted by molar-refractivity contribution is 6.05. The Kier molecular flexibility index (Phi) is 5.21. The third-order valence-electron chi connectivity index (χ3n) is 5.81. The molecule has 6 heteroatoms. The fourth-order valence-electron chi connectivity index (χ4n) is 4.23. The molecule has 3 heterocycles. The predicted octanol–water partition coefficient (Wildman–Crippen LogP) is 5.28. The van der Waals surface area contributed by atoms with Crippen LogP contribution in [0.25, 0.3) is 38.9 Å². The second-order valence-corrected chi connectivity index (χ2v) is 8.78. The molecule has 5 aromatic rings. The minimum atomic E-state index is -0.0726. The quantitative estimate of drug-likeness (QED) is 0.371. The summed E-state index contributed by atoms with van der Waals surface area (Å²) in [5, 5.41) is 0.525. The summed E-state index contributed by atoms with van der Waals surface area (Å²) in [6.45, 7) is 7.00. The monoisotopic (exact) mass is 425 g/mol. The van der Waals surface area contributed by atoms with Crippen LogP contribution in [0.4, 0.5) is 0 Å². The molecule has 0 N–H and O–H groups in total. The molecule has 2 aromatic carbocycles. The molecule has 0 spiro atoms. The van der Waals surface area contributed by atoms with Crippen molar-refractivity contribution in [3.63, 3.8) is 0 Å². The van der Waals surface area contributed by atoms with Crippen LogP contribution in [0.5, 0.6) is 0 Å². The summed E-state index contributed by atoms with van der Waals surface area (Å²) in [5.41, 5.74) is 5.59. The predicted molar refractivity (Wildman–Crippen MR) is 129 cm³/mol. The van der Waals surface area contributed by atoms with Crippen molar-refractivity contribution < 1.29 is 0 Å². The Morgan fingerprint density at radius 1 is 0.938 bits per heavy atom. The molecule has 0 amide bonds. The van der Waals surface area contributed by atoms with Crippen molar-refractivity contribution in [2.75, 3.05) is 0 Å². The normalized spacial score (nSPS) is 11.9. The molecule has 0 radical (unpaired) electrons. The van der Waals surface area contributed by atoms with Gasteiger partial charge >= 0.3 is 0 Å². The van der Waals surface area contributed by atoms with E-state index in [9.17, 15) is 4.79 Å². The van der Waals surface area contributed by atoms with Gasteiger partial charge in [0.1, 0.15) is 10.9 Å². The van der Waals surface area contributed by atoms with Gasteiger partial charge in [0.05, 0.1) is 17.4 Å². The largest absolute Gasteiger partial charge is 0.298 e. The average Bonchev–Trinajstić information content (AvgIpc) is 3.12. The number of unbranched alkanes of at least 4 members (excludes halogenated alkanes) is 1. The van der Waals surface area contributed by atoms with Crippen molar-refractivity contribution in [2.24, 2.45) is 5.92 Å². The van der Waals surface area contributed by atoms with Crippen LogP contribution < -0.4 is 5.56 Å². The smallest absolute Gasteiger partial charge is 0.265 e. The van der Waals surface area contributed by atoms with Gasteiger partial charge in [0, 0.05) is 12.2 Å². The fourth-order valence-corrected chi connectivity index (χ4v) is 4.23. The van der Waals surface area contributed by atoms with E-state index in [1.54, 1.807) is 10.9 Å². The summed E-state index contributed by atoms with van der Waals surface area (Å²) in [7, 11) is 0. The summed E-state index contributed by atoms with van der Waals surface area (Å²) in [4.78, 5) is 28.0. The molecule has 162 valence electrons. The molecule has 5 rings (SSSR count). The maximum atomic E-state index is 13.5. The summed E-state index contributed by atoms with van der Waals surface area (Å²) >= 11 is 0. The van der Waals surface area contributed by atoms with Gasteiger partial charge in [-0.15, -0.1) is 0 Å². The van der Waals surface area contributed by atoms with E-state index in [1.165, 1.54) is 18.4 Å². The highest BCUT2D eigenvalue weighted by Crippen LogP contribution is 2.28. The molecule has 0 fully saturated rings. The van der Waals surface area contributed by atoms with Gasteiger partial charge in [0.2, 0.25) is 0 Å². The van der Waals surface area contributed by atoms with E-state index in [0.29, 0.717) is 34.7 Å². The van der Waals surface area contributed by atoms with Crippen LogP contribution in [0.2, 0.25) is 0 Å². The van der Waals surface area contributed by atoms with Crippen LogP contribution in [0.15, 0.2) is 59.7 Å². The van der Waals surface area contributed by atoms with Gasteiger partial charge in [0.15, 0.2) is 11.3 Å². The van der Waals surface area contributed by atoms with Crippen molar-refractivity contribution in [2.45, 2.75) is 46.6 Å². The van der Waals surface area contributed by atoms with E-state index in [4.69, 9.17) is 15.0 Å². The number of rotatable bonds is 6. The van der Waals surface area contributed by atoms with Crippen molar-refractivity contribution in [1.82, 2.24) is 24.1 Å². The average molecular weight is 426 g/mol. The molecule has 0 aliphatic heterocycles. The second-order valence-electron chi connectivity index (χ2n) is 8.78. The Bertz CT molecular complexity index is 1480. The van der Waals surface area contributed by atoms with E-state index in [2.05, 4.69) is 45.0 Å². The standard InChI is InChI=1S/C26H27N5O/c1-4-5-8-18-11-13-19(14-12-18)31-24-22(26(32)30(16-27-24)15-17(2)3)23-25(31)29-21-10-7-6-9-20(21)28-23/h6-7,9-14,16-17H,4-5,8,15H2,1-3H3. The lowest BCUT2D eigenvalue weighted by Crippen LogP contribution is -2.23. The van der Waals surface area contributed by atoms with Crippen molar-refractivity contribution in [3.05, 3.63) is 70.8 Å². The van der Waals surface area contributed by atoms with Gasteiger partial charge in [-0.2, -0.15) is 0 Å². The van der Waals surface area contributed by atoms with Crippen molar-refractivity contribution in [1.29, 1.82) is 0 Å². The van der Waals surface area contributed by atoms with Gasteiger partial charge in [-0.05, 0) is 48.6 Å². The van der Waals surface area contributed by atoms with Crippen LogP contribution in [0, 0.1) is 5.92 Å². The lowest BCUT2D eigenvalue weighted by atomic mass is 10.1. The van der Waals surface area contributed by atoms with E-state index >= 15 is 0 Å². The van der Waals surface area contributed by atoms with E-state index in [1.807, 2.05) is 28.8 Å². The van der Waals surface area contributed by atoms with Crippen molar-refractivity contribution in [3.8, 4) is 5.69 Å². The van der Waals surface area contributed by atoms with Gasteiger partial charge in [-0.3, -0.25) is 13.9 Å². The van der Waals surface area contributed by atoms with Crippen LogP contribution in [-0.2, 0) is 13.0 Å². The van der Waals surface area contributed by atoms with Gasteiger partial charge in [-0.25, -0.2) is 15.0 Å². The molecule has 0 aliphatic rings. The Morgan fingerprint density at radius 2 is 1.66 bits per heavy atom. The van der Waals surface area contributed by atoms with E-state index < -0.39 is 0 Å². The molecule has 0 unspecified atom stereocenters. The Labute approximate surface area is 186 Å². The van der Waals surface area contributed by atoms with Gasteiger partial charge in [-0.1, -0.05) is 51.5 Å². The maximum Gasteiger partial charge on any atom is 0.265 e. The summed E-state index contributed by atoms with van der Waals surface area (Å²) < 4.78 is 3.65. The second kappa shape index (κ2) is 8.19. The number of para-hydroxylation sites is 2. The molecule has 6 nitrogen and oxygen atoms in total. The van der Waals surface area contributed by atoms with Crippen LogP contribution in [0.3, 0.4) is 0 Å². The SMILES string of the molecule is CCCCc1ccc(-n2c3nc4ccccc4nc3c3c(=O)n(CC(C)C)cnc32)cc1. The van der Waals surface area contributed by atoms with Crippen LogP contribution in [-0.4, -0.2) is 24.1 Å². The first-order valence-corrected chi connectivity index (χ1v) is 11.3. The topological polar surface area (TPSA) is 65.6 Å². The lowest BCUT2D eigenvalue weighted by Gasteiger charge is -2.10. The zero-order valence-corrected chi connectivity index (χ0v) is 18.7. The van der Waals surface area contributed by atoms with Crippen LogP contribution >= 0.6 is 0 Å². The molecule has 0 atom stereocenters. The Balaban J connectivity index is 1.81. The zero-order valence-electron chi connectivity index (χ0n) is 18.7. The fraction of sp³-hybridized carbons (Fsp3) is 0.308. The highest BCUT2D eigenvalue weighted by Gasteiger charge is 2.21. The minimum Gasteiger partial charge on any atom is -0.298 e. The number of hydrogen-bond acceptors (Lipinski definition) is 4. The molecule has 3 aromatic heterocycles. The molecule has 0 bridgehead atoms. The number of nitrogens with zero attached hydrogens (tertiary/aromatic N) is 5. The molecular formula is C26H27N5O. The summed E-state index contributed by atoms with van der Waals surface area (Å²) in [6.07, 6.45) is 5.05. The number of hydrogen-bond donors (Lipinski definition) is 0. The third-order valence-corrected chi connectivity index (χ3v) is 5.81. The first-order valence-electron chi connectivity index (χ1n) is 11.3. The van der Waals surface area contributed by atoms with Crippen molar-refractivity contribution >= 4 is 33.2 Å². The molecule has 0 aliphatic carbocycles. The molecule has 0 saturated carbocycles. The van der Waals surface area contributed by atoms with E-state index in [0.717, 1.165) is 23.1 Å². The maximum absolute atomic E-state index is 13.5. The summed E-state index contributed by atoms with van der Waals surface area (Å²) in [5.74, 6) is 0.336. The first kappa shape index (κ1) is 20.4. The van der Waals surface area contributed by atoms with Crippen LogP contribution in [0.1, 0.15) is 39.2 Å². The molecule has 32 heavy (non-hydrogen) atoms. The molecule has 0 saturated heterocycles. The Hall–Kier alpha value is -3.54. The minimum absolute atomic E-state index is 0.0726. The zero-order chi connectivity index (χ0) is 22.2. The molecular weight excluding hydrogens is 398 g/mol. The van der Waals surface area contributed by atoms with E-state index in [-0.39, 0.29) is 5.56 Å². The third kappa shape index (κ3) is 3.45. The Morgan fingerprint density at radius 3 is 2.34 bits per heavy atom. The number of aryl methyl sites for hydroxylation is 1. The van der Waals surface area contributed by atoms with Gasteiger partial charge < -0.3 is 0 Å². The number of fused-ring (bicyclic) bond motifs is 4. The number of aromatic nitrogens is 5. The lowest BCUT2D eigenvalue weighted by molar-refractivity contribution is 0.508. The number of benzene rings is 2. The highest BCUT2D eigenvalue weighted by atomic mass is 16.1. The summed E-state index contributed by atoms with van der Waals surface area (Å²) in [6, 6.07) is 16.2. The van der Waals surface area contributed by atoms with Gasteiger partial charge in [0.25, 0.3) is 5.56 Å².